The Morgan fingerprint density at radius 2 is 1.52 bits per heavy atom. The Bertz CT molecular complexity index is 2400. The number of hydrogen-bond donors (Lipinski definition) is 0. The average Bonchev–Trinajstić information content (AvgIpc) is 3.51. The quantitative estimate of drug-likeness (QED) is 0.182. The van der Waals surface area contributed by atoms with E-state index in [-0.39, 0.29) is 5.41 Å². The van der Waals surface area contributed by atoms with Gasteiger partial charge in [0.05, 0.1) is 17.3 Å². The van der Waals surface area contributed by atoms with Gasteiger partial charge < -0.3 is 4.90 Å². The highest BCUT2D eigenvalue weighted by Gasteiger charge is 2.50. The van der Waals surface area contributed by atoms with Crippen LogP contribution in [0.4, 0.5) is 0 Å². The van der Waals surface area contributed by atoms with Gasteiger partial charge in [-0.15, -0.1) is 0 Å². The Morgan fingerprint density at radius 3 is 2.33 bits per heavy atom. The summed E-state index contributed by atoms with van der Waals surface area (Å²) in [5.41, 5.74) is 14.2. The van der Waals surface area contributed by atoms with Crippen LogP contribution in [0.5, 0.6) is 0 Å². The first-order chi connectivity index (χ1) is 26.5. The smallest absolute Gasteiger partial charge is 0.0726 e. The molecule has 3 aromatic carbocycles. The van der Waals surface area contributed by atoms with Crippen LogP contribution in [0.3, 0.4) is 0 Å². The molecule has 4 aromatic rings. The predicted molar refractivity (Wildman–Crippen MR) is 229 cm³/mol. The molecule has 5 aliphatic rings. The highest BCUT2D eigenvalue weighted by molar-refractivity contribution is 5.81. The third kappa shape index (κ3) is 6.14. The molecule has 2 nitrogen and oxygen atoms in total. The maximum absolute atomic E-state index is 4.89. The number of likely N-dealkylation sites (N-methyl/N-ethyl adjacent to an activating group) is 1. The van der Waals surface area contributed by atoms with Crippen molar-refractivity contribution in [2.24, 2.45) is 23.2 Å². The topological polar surface area (TPSA) is 16.1 Å². The van der Waals surface area contributed by atoms with Crippen molar-refractivity contribution in [3.8, 4) is 11.3 Å². The third-order valence-corrected chi connectivity index (χ3v) is 12.7. The molecule has 2 heteroatoms. The summed E-state index contributed by atoms with van der Waals surface area (Å²) in [4.78, 5) is 7.26. The lowest BCUT2D eigenvalue weighted by molar-refractivity contribution is 0.226. The summed E-state index contributed by atoms with van der Waals surface area (Å²) < 4.78 is 0. The monoisotopic (exact) mass is 700 g/mol. The lowest BCUT2D eigenvalue weighted by Gasteiger charge is -2.39. The van der Waals surface area contributed by atoms with Crippen molar-refractivity contribution in [1.29, 1.82) is 0 Å². The van der Waals surface area contributed by atoms with E-state index < -0.39 is 0 Å². The first kappa shape index (κ1) is 34.1. The second-order valence-corrected chi connectivity index (χ2v) is 15.4. The number of hydrogen-bond acceptors (Lipinski definition) is 2. The number of fused-ring (bicyclic) bond motifs is 4. The minimum Gasteiger partial charge on any atom is -0.364 e. The average molecular weight is 701 g/mol. The van der Waals surface area contributed by atoms with E-state index in [0.717, 1.165) is 36.0 Å². The summed E-state index contributed by atoms with van der Waals surface area (Å²) in [7, 11) is 2.19. The summed E-state index contributed by atoms with van der Waals surface area (Å²) in [5, 5.41) is 1.17. The molecule has 0 spiro atoms. The van der Waals surface area contributed by atoms with Crippen LogP contribution in [-0.2, 0) is 0 Å². The standard InChI is InChI=1S/C52H48N2/c1-4-52(5-2)46-34-38(16-14-36-18-24-41(25-19-36)49-32-28-40-10-6-8-12-48(40)53-49)22-30-44(46)45-31-23-39(35-47(45)52)17-15-37-20-26-43(27-21-37)51-33-29-42-11-7-9-13-50(42)54(51)3/h6-34,39,44,46,50H,4-5,35H2,1-3H3. The first-order valence-electron chi connectivity index (χ1n) is 19.8. The van der Waals surface area contributed by atoms with Crippen molar-refractivity contribution >= 4 is 28.8 Å². The number of para-hydroxylation sites is 1. The zero-order valence-corrected chi connectivity index (χ0v) is 31.6. The first-order valence-corrected chi connectivity index (χ1v) is 19.8. The van der Waals surface area contributed by atoms with Crippen LogP contribution in [0.1, 0.15) is 49.8 Å². The second-order valence-electron chi connectivity index (χ2n) is 15.4. The maximum Gasteiger partial charge on any atom is 0.0726 e. The number of nitrogens with zero attached hydrogens (tertiary/aromatic N) is 2. The number of pyridine rings is 1. The fraction of sp³-hybridized carbons (Fsp3) is 0.212. The van der Waals surface area contributed by atoms with E-state index in [4.69, 9.17) is 4.98 Å². The van der Waals surface area contributed by atoms with E-state index in [2.05, 4.69) is 196 Å². The van der Waals surface area contributed by atoms with Gasteiger partial charge in [0.25, 0.3) is 0 Å². The van der Waals surface area contributed by atoms with Crippen LogP contribution < -0.4 is 0 Å². The molecule has 54 heavy (non-hydrogen) atoms. The molecule has 4 atom stereocenters. The Morgan fingerprint density at radius 1 is 0.741 bits per heavy atom. The molecule has 4 aliphatic carbocycles. The molecule has 0 saturated carbocycles. The van der Waals surface area contributed by atoms with Gasteiger partial charge in [-0.3, -0.25) is 0 Å². The van der Waals surface area contributed by atoms with Gasteiger partial charge in [-0.25, -0.2) is 4.98 Å². The molecule has 4 unspecified atom stereocenters. The number of aromatic nitrogens is 1. The normalized spacial score (nSPS) is 23.8. The minimum absolute atomic E-state index is 0.189. The Hall–Kier alpha value is -5.73. The minimum atomic E-state index is 0.189. The maximum atomic E-state index is 4.89. The molecule has 2 heterocycles. The van der Waals surface area contributed by atoms with Crippen molar-refractivity contribution in [3.05, 3.63) is 203 Å². The van der Waals surface area contributed by atoms with Gasteiger partial charge >= 0.3 is 0 Å². The Labute approximate surface area is 321 Å². The molecule has 1 aliphatic heterocycles. The fourth-order valence-electron chi connectivity index (χ4n) is 9.63. The van der Waals surface area contributed by atoms with E-state index in [1.54, 1.807) is 11.1 Å². The third-order valence-electron chi connectivity index (χ3n) is 12.7. The van der Waals surface area contributed by atoms with Crippen molar-refractivity contribution in [1.82, 2.24) is 9.88 Å². The van der Waals surface area contributed by atoms with Crippen molar-refractivity contribution in [3.63, 3.8) is 0 Å². The molecule has 0 fully saturated rings. The van der Waals surface area contributed by atoms with Crippen LogP contribution in [0, 0.1) is 23.2 Å². The molecule has 1 aromatic heterocycles. The summed E-state index contributed by atoms with van der Waals surface area (Å²) in [6.45, 7) is 4.82. The van der Waals surface area contributed by atoms with E-state index in [9.17, 15) is 0 Å². The van der Waals surface area contributed by atoms with Gasteiger partial charge in [0.15, 0.2) is 0 Å². The zero-order chi connectivity index (χ0) is 36.6. The van der Waals surface area contributed by atoms with Crippen LogP contribution in [0.25, 0.3) is 40.0 Å². The van der Waals surface area contributed by atoms with Gasteiger partial charge in [-0.1, -0.05) is 177 Å². The van der Waals surface area contributed by atoms with Gasteiger partial charge in [-0.2, -0.15) is 0 Å². The van der Waals surface area contributed by atoms with Gasteiger partial charge in [0, 0.05) is 29.6 Å². The van der Waals surface area contributed by atoms with Crippen LogP contribution in [-0.4, -0.2) is 23.0 Å². The highest BCUT2D eigenvalue weighted by Crippen LogP contribution is 2.60. The summed E-state index contributed by atoms with van der Waals surface area (Å²) >= 11 is 0. The van der Waals surface area contributed by atoms with Gasteiger partial charge in [0.1, 0.15) is 0 Å². The molecular formula is C52H48N2. The van der Waals surface area contributed by atoms with Crippen molar-refractivity contribution in [2.75, 3.05) is 7.05 Å². The molecule has 9 rings (SSSR count). The molecule has 0 amide bonds. The lowest BCUT2D eigenvalue weighted by atomic mass is 9.65. The SMILES string of the molecule is CCC1(CC)C2=C(C=CC(C=Cc3ccc(C4=CC=C5C=CC=CC5N4C)cc3)C2)C2C=CC(C=Cc3ccc(-c4ccc5ccccc5n4)cc3)=CC21. The summed E-state index contributed by atoms with van der Waals surface area (Å²) in [5.74, 6) is 1.35. The predicted octanol–water partition coefficient (Wildman–Crippen LogP) is 12.8. The van der Waals surface area contributed by atoms with E-state index in [1.807, 2.05) is 6.07 Å². The van der Waals surface area contributed by atoms with Crippen LogP contribution in [0.2, 0.25) is 0 Å². The molecular weight excluding hydrogens is 653 g/mol. The second kappa shape index (κ2) is 14.3. The van der Waals surface area contributed by atoms with Crippen LogP contribution >= 0.6 is 0 Å². The van der Waals surface area contributed by atoms with Gasteiger partial charge in [0.2, 0.25) is 0 Å². The molecule has 266 valence electrons. The number of rotatable bonds is 8. The molecule has 0 saturated heterocycles. The van der Waals surface area contributed by atoms with Crippen LogP contribution in [0.15, 0.2) is 186 Å². The number of benzene rings is 3. The highest BCUT2D eigenvalue weighted by atomic mass is 15.1. The largest absolute Gasteiger partial charge is 0.364 e. The molecule has 0 bridgehead atoms. The van der Waals surface area contributed by atoms with E-state index >= 15 is 0 Å². The summed E-state index contributed by atoms with van der Waals surface area (Å²) in [6.07, 6.45) is 38.3. The Kier molecular flexibility index (Phi) is 8.99. The lowest BCUT2D eigenvalue weighted by Crippen LogP contribution is -2.32. The fourth-order valence-corrected chi connectivity index (χ4v) is 9.63. The number of allylic oxidation sites excluding steroid dienone is 14. The Balaban J connectivity index is 0.880. The summed E-state index contributed by atoms with van der Waals surface area (Å²) in [6, 6.07) is 30.7. The van der Waals surface area contributed by atoms with E-state index in [1.165, 1.54) is 38.9 Å². The van der Waals surface area contributed by atoms with Crippen molar-refractivity contribution < 1.29 is 0 Å². The van der Waals surface area contributed by atoms with E-state index in [0.29, 0.717) is 23.8 Å². The molecule has 0 radical (unpaired) electrons. The zero-order valence-electron chi connectivity index (χ0n) is 31.6. The van der Waals surface area contributed by atoms with Gasteiger partial charge in [-0.05, 0) is 88.1 Å². The molecule has 0 N–H and O–H groups in total. The van der Waals surface area contributed by atoms with Crippen molar-refractivity contribution in [2.45, 2.75) is 39.2 Å².